The molecule has 0 radical (unpaired) electrons. The van der Waals surface area contributed by atoms with Gasteiger partial charge in [0.1, 0.15) is 0 Å². The summed E-state index contributed by atoms with van der Waals surface area (Å²) in [4.78, 5) is 25.8. The number of nitrogens with zero attached hydrogens (tertiary/aromatic N) is 1. The Morgan fingerprint density at radius 1 is 1.50 bits per heavy atom. The normalized spacial score (nSPS) is 22.6. The SMILES string of the molecule is C[Se]Cc1cn([C@H]2C=C[C@@H](CO)C2)c(=O)[nH]c1=O. The second kappa shape index (κ2) is 5.69. The molecule has 0 saturated carbocycles. The fourth-order valence-corrected chi connectivity index (χ4v) is 3.21. The maximum atomic E-state index is 11.8. The molecule has 0 aromatic carbocycles. The zero-order valence-corrected chi connectivity index (χ0v) is 11.8. The number of aromatic nitrogens is 2. The van der Waals surface area contributed by atoms with Gasteiger partial charge < -0.3 is 0 Å². The van der Waals surface area contributed by atoms with Crippen LogP contribution in [0.4, 0.5) is 0 Å². The Balaban J connectivity index is 2.34. The second-order valence-corrected chi connectivity index (χ2v) is 6.20. The third-order valence-electron chi connectivity index (χ3n) is 3.08. The van der Waals surface area contributed by atoms with E-state index in [0.717, 1.165) is 5.32 Å². The zero-order chi connectivity index (χ0) is 13.1. The Labute approximate surface area is 111 Å². The van der Waals surface area contributed by atoms with Gasteiger partial charge in [0.25, 0.3) is 0 Å². The summed E-state index contributed by atoms with van der Waals surface area (Å²) in [5.74, 6) is 2.16. The molecule has 2 N–H and O–H groups in total. The van der Waals surface area contributed by atoms with E-state index in [2.05, 4.69) is 10.8 Å². The number of aliphatic hydroxyl groups is 1. The topological polar surface area (TPSA) is 75.1 Å². The van der Waals surface area contributed by atoms with Crippen LogP contribution < -0.4 is 11.2 Å². The van der Waals surface area contributed by atoms with Crippen molar-refractivity contribution < 1.29 is 5.11 Å². The standard InChI is InChI=1S/C12H16N2O3Se/c1-18-7-9-5-14(12(17)13-11(9)16)10-3-2-8(4-10)6-15/h2-3,5,8,10,15H,4,6-7H2,1H3,(H,13,16,17)/t8-,10+/m1/s1. The van der Waals surface area contributed by atoms with E-state index >= 15 is 0 Å². The van der Waals surface area contributed by atoms with Crippen LogP contribution in [0.2, 0.25) is 5.82 Å². The summed E-state index contributed by atoms with van der Waals surface area (Å²) in [6, 6.07) is -0.0605. The summed E-state index contributed by atoms with van der Waals surface area (Å²) in [6.45, 7) is 0.0933. The molecule has 18 heavy (non-hydrogen) atoms. The van der Waals surface area contributed by atoms with E-state index in [0.29, 0.717) is 26.9 Å². The Hall–Kier alpha value is -1.10. The molecule has 0 bridgehead atoms. The van der Waals surface area contributed by atoms with E-state index in [1.54, 1.807) is 10.8 Å². The van der Waals surface area contributed by atoms with E-state index in [1.807, 2.05) is 12.2 Å². The maximum absolute atomic E-state index is 11.8. The fraction of sp³-hybridized carbons (Fsp3) is 0.500. The molecular formula is C12H16N2O3Se. The van der Waals surface area contributed by atoms with E-state index < -0.39 is 0 Å². The first kappa shape index (κ1) is 13.3. The van der Waals surface area contributed by atoms with Gasteiger partial charge in [0.15, 0.2) is 0 Å². The van der Waals surface area contributed by atoms with Crippen molar-refractivity contribution in [3.05, 3.63) is 44.8 Å². The van der Waals surface area contributed by atoms with Crippen molar-refractivity contribution in [2.75, 3.05) is 6.61 Å². The van der Waals surface area contributed by atoms with Crippen molar-refractivity contribution in [1.29, 1.82) is 0 Å². The van der Waals surface area contributed by atoms with Crippen molar-refractivity contribution in [2.45, 2.75) is 23.6 Å². The molecule has 0 spiro atoms. The molecule has 1 aliphatic rings. The van der Waals surface area contributed by atoms with E-state index in [4.69, 9.17) is 5.11 Å². The monoisotopic (exact) mass is 316 g/mol. The first-order valence-electron chi connectivity index (χ1n) is 5.78. The quantitative estimate of drug-likeness (QED) is 0.602. The van der Waals surface area contributed by atoms with Gasteiger partial charge in [-0.2, -0.15) is 0 Å². The second-order valence-electron chi connectivity index (χ2n) is 4.38. The first-order valence-corrected chi connectivity index (χ1v) is 8.70. The van der Waals surface area contributed by atoms with Gasteiger partial charge in [0.2, 0.25) is 0 Å². The number of hydrogen-bond acceptors (Lipinski definition) is 3. The van der Waals surface area contributed by atoms with Gasteiger partial charge in [-0.1, -0.05) is 0 Å². The number of hydrogen-bond donors (Lipinski definition) is 2. The molecule has 0 fully saturated rings. The number of aromatic amines is 1. The van der Waals surface area contributed by atoms with Crippen LogP contribution in [0.15, 0.2) is 27.9 Å². The molecule has 1 aromatic rings. The minimum absolute atomic E-state index is 0.0605. The zero-order valence-electron chi connectivity index (χ0n) is 10.1. The van der Waals surface area contributed by atoms with Crippen LogP contribution in [0.25, 0.3) is 0 Å². The average molecular weight is 315 g/mol. The molecule has 6 heteroatoms. The predicted octanol–water partition coefficient (Wildman–Crippen LogP) is -0.102. The van der Waals surface area contributed by atoms with Crippen LogP contribution in [-0.2, 0) is 5.32 Å². The Morgan fingerprint density at radius 3 is 2.89 bits per heavy atom. The van der Waals surface area contributed by atoms with Crippen molar-refractivity contribution in [2.24, 2.45) is 5.92 Å². The molecule has 98 valence electrons. The van der Waals surface area contributed by atoms with Crippen LogP contribution in [0.3, 0.4) is 0 Å². The van der Waals surface area contributed by atoms with Crippen LogP contribution in [-0.4, -0.2) is 36.2 Å². The third kappa shape index (κ3) is 2.66. The van der Waals surface area contributed by atoms with Gasteiger partial charge in [-0.05, 0) is 0 Å². The Morgan fingerprint density at radius 2 is 2.28 bits per heavy atom. The molecule has 0 unspecified atom stereocenters. The summed E-state index contributed by atoms with van der Waals surface area (Å²) >= 11 is 0.356. The van der Waals surface area contributed by atoms with Crippen molar-refractivity contribution >= 4 is 15.0 Å². The van der Waals surface area contributed by atoms with Crippen LogP contribution >= 0.6 is 0 Å². The fourth-order valence-electron chi connectivity index (χ4n) is 2.13. The molecule has 1 aliphatic carbocycles. The van der Waals surface area contributed by atoms with Gasteiger partial charge in [-0.15, -0.1) is 0 Å². The Bertz CT molecular complexity index is 561. The molecule has 2 rings (SSSR count). The number of rotatable bonds is 4. The summed E-state index contributed by atoms with van der Waals surface area (Å²) in [5, 5.41) is 9.81. The van der Waals surface area contributed by atoms with E-state index in [-0.39, 0.29) is 29.8 Å². The minimum atomic E-state index is -0.374. The first-order chi connectivity index (χ1) is 8.65. The number of aliphatic hydroxyl groups excluding tert-OH is 1. The number of H-pyrrole nitrogens is 1. The predicted molar refractivity (Wildman–Crippen MR) is 70.0 cm³/mol. The van der Waals surface area contributed by atoms with E-state index in [1.165, 1.54) is 0 Å². The summed E-state index contributed by atoms with van der Waals surface area (Å²) < 4.78 is 1.56. The van der Waals surface area contributed by atoms with Crippen molar-refractivity contribution in [3.8, 4) is 0 Å². The van der Waals surface area contributed by atoms with Crippen LogP contribution in [0.5, 0.6) is 0 Å². The molecule has 2 atom stereocenters. The van der Waals surface area contributed by atoms with Crippen molar-refractivity contribution in [1.82, 2.24) is 9.55 Å². The van der Waals surface area contributed by atoms with E-state index in [9.17, 15) is 9.59 Å². The molecule has 1 aromatic heterocycles. The Kier molecular flexibility index (Phi) is 4.22. The molecule has 0 amide bonds. The third-order valence-corrected chi connectivity index (χ3v) is 4.34. The van der Waals surface area contributed by atoms with Crippen molar-refractivity contribution in [3.63, 3.8) is 0 Å². The summed E-state index contributed by atoms with van der Waals surface area (Å²) in [7, 11) is 0. The molecule has 0 saturated heterocycles. The van der Waals surface area contributed by atoms with Gasteiger partial charge in [-0.25, -0.2) is 0 Å². The average Bonchev–Trinajstić information content (AvgIpc) is 2.81. The number of allylic oxidation sites excluding steroid dienone is 1. The van der Waals surface area contributed by atoms with Gasteiger partial charge in [0.05, 0.1) is 0 Å². The molecule has 1 heterocycles. The van der Waals surface area contributed by atoms with Gasteiger partial charge in [-0.3, -0.25) is 0 Å². The number of nitrogens with one attached hydrogen (secondary N) is 1. The summed E-state index contributed by atoms with van der Waals surface area (Å²) in [6.07, 6.45) is 6.22. The van der Waals surface area contributed by atoms with Gasteiger partial charge in [0, 0.05) is 0 Å². The molecule has 5 nitrogen and oxygen atoms in total. The van der Waals surface area contributed by atoms with Crippen LogP contribution in [0.1, 0.15) is 18.0 Å². The van der Waals surface area contributed by atoms with Gasteiger partial charge >= 0.3 is 110 Å². The van der Waals surface area contributed by atoms with Crippen LogP contribution in [0, 0.1) is 5.92 Å². The molecular weight excluding hydrogens is 299 g/mol. The summed E-state index contributed by atoms with van der Waals surface area (Å²) in [5.41, 5.74) is 0.0131. The molecule has 0 aliphatic heterocycles.